The Labute approximate surface area is 145 Å². The van der Waals surface area contributed by atoms with E-state index in [0.717, 1.165) is 38.5 Å². The van der Waals surface area contributed by atoms with Crippen molar-refractivity contribution in [2.75, 3.05) is 0 Å². The lowest BCUT2D eigenvalue weighted by molar-refractivity contribution is 0.474. The first-order valence-corrected chi connectivity index (χ1v) is 8.96. The van der Waals surface area contributed by atoms with Gasteiger partial charge in [0, 0.05) is 0 Å². The lowest BCUT2D eigenvalue weighted by Crippen LogP contribution is -1.94. The number of aromatic hydroxyl groups is 2. The Kier molecular flexibility index (Phi) is 6.92. The van der Waals surface area contributed by atoms with Crippen molar-refractivity contribution in [2.24, 2.45) is 0 Å². The normalized spacial score (nSPS) is 12.1. The molecule has 0 radical (unpaired) electrons. The molecule has 0 bridgehead atoms. The molecule has 2 heteroatoms. The number of hydrogen-bond acceptors (Lipinski definition) is 2. The van der Waals surface area contributed by atoms with Gasteiger partial charge in [-0.2, -0.15) is 0 Å². The van der Waals surface area contributed by atoms with Crippen LogP contribution in [0.15, 0.2) is 48.5 Å². The van der Waals surface area contributed by atoms with Crippen molar-refractivity contribution in [3.8, 4) is 11.5 Å². The quantitative estimate of drug-likeness (QED) is 0.552. The molecule has 2 aromatic carbocycles. The van der Waals surface area contributed by atoms with Gasteiger partial charge >= 0.3 is 0 Å². The SMILES string of the molecule is CCCC/C(=C(/CCCC)c1ccc(O)cc1)c1ccc(O)cc1. The zero-order valence-corrected chi connectivity index (χ0v) is 14.8. The molecule has 2 rings (SSSR count). The lowest BCUT2D eigenvalue weighted by atomic mass is 9.88. The molecule has 2 nitrogen and oxygen atoms in total. The first-order chi connectivity index (χ1) is 11.7. The maximum Gasteiger partial charge on any atom is 0.115 e. The molecule has 2 N–H and O–H groups in total. The van der Waals surface area contributed by atoms with Crippen LogP contribution in [0.4, 0.5) is 0 Å². The summed E-state index contributed by atoms with van der Waals surface area (Å²) in [6, 6.07) is 15.1. The highest BCUT2D eigenvalue weighted by atomic mass is 16.3. The monoisotopic (exact) mass is 324 g/mol. The van der Waals surface area contributed by atoms with Crippen molar-refractivity contribution in [3.63, 3.8) is 0 Å². The number of rotatable bonds is 8. The first-order valence-electron chi connectivity index (χ1n) is 8.96. The van der Waals surface area contributed by atoms with E-state index in [4.69, 9.17) is 0 Å². The van der Waals surface area contributed by atoms with E-state index in [9.17, 15) is 10.2 Å². The Hall–Kier alpha value is -2.22. The average Bonchev–Trinajstić information content (AvgIpc) is 2.60. The molecule has 0 fully saturated rings. The molecule has 24 heavy (non-hydrogen) atoms. The van der Waals surface area contributed by atoms with Crippen molar-refractivity contribution in [1.82, 2.24) is 0 Å². The van der Waals surface area contributed by atoms with E-state index in [1.807, 2.05) is 24.3 Å². The van der Waals surface area contributed by atoms with Crippen LogP contribution in [0.5, 0.6) is 11.5 Å². The molecule has 0 amide bonds. The Morgan fingerprint density at radius 3 is 1.25 bits per heavy atom. The Balaban J connectivity index is 2.52. The Morgan fingerprint density at radius 2 is 0.958 bits per heavy atom. The molecule has 0 spiro atoms. The molecule has 2 aromatic rings. The molecule has 0 aliphatic heterocycles. The highest BCUT2D eigenvalue weighted by molar-refractivity contribution is 5.91. The Bertz CT molecular complexity index is 592. The zero-order valence-electron chi connectivity index (χ0n) is 14.8. The molecule has 0 saturated heterocycles. The summed E-state index contributed by atoms with van der Waals surface area (Å²) < 4.78 is 0. The van der Waals surface area contributed by atoms with Crippen LogP contribution in [0.25, 0.3) is 11.1 Å². The van der Waals surface area contributed by atoms with Crippen molar-refractivity contribution < 1.29 is 10.2 Å². The minimum atomic E-state index is 0.299. The van der Waals surface area contributed by atoms with Gasteiger partial charge in [0.15, 0.2) is 0 Å². The van der Waals surface area contributed by atoms with Crippen LogP contribution in [0.2, 0.25) is 0 Å². The molecule has 0 unspecified atom stereocenters. The van der Waals surface area contributed by atoms with Crippen LogP contribution in [-0.2, 0) is 0 Å². The van der Waals surface area contributed by atoms with Gasteiger partial charge in [-0.25, -0.2) is 0 Å². The van der Waals surface area contributed by atoms with Crippen LogP contribution in [0.1, 0.15) is 63.5 Å². The van der Waals surface area contributed by atoms with E-state index in [2.05, 4.69) is 13.8 Å². The molecule has 0 aromatic heterocycles. The summed E-state index contributed by atoms with van der Waals surface area (Å²) in [4.78, 5) is 0. The summed E-state index contributed by atoms with van der Waals surface area (Å²) in [5, 5.41) is 19.2. The molecular formula is C22H28O2. The average molecular weight is 324 g/mol. The van der Waals surface area contributed by atoms with Crippen molar-refractivity contribution in [1.29, 1.82) is 0 Å². The van der Waals surface area contributed by atoms with E-state index >= 15 is 0 Å². The van der Waals surface area contributed by atoms with Gasteiger partial charge in [-0.15, -0.1) is 0 Å². The van der Waals surface area contributed by atoms with Crippen LogP contribution in [-0.4, -0.2) is 10.2 Å². The highest BCUT2D eigenvalue weighted by Gasteiger charge is 2.12. The number of benzene rings is 2. The zero-order chi connectivity index (χ0) is 17.4. The molecule has 0 heterocycles. The van der Waals surface area contributed by atoms with Crippen LogP contribution in [0, 0.1) is 0 Å². The van der Waals surface area contributed by atoms with E-state index in [-0.39, 0.29) is 0 Å². The minimum absolute atomic E-state index is 0.299. The largest absolute Gasteiger partial charge is 0.508 e. The van der Waals surface area contributed by atoms with Crippen LogP contribution in [0.3, 0.4) is 0 Å². The third-order valence-corrected chi connectivity index (χ3v) is 4.36. The number of phenols is 2. The van der Waals surface area contributed by atoms with Crippen molar-refractivity contribution in [3.05, 3.63) is 59.7 Å². The van der Waals surface area contributed by atoms with Gasteiger partial charge in [-0.1, -0.05) is 51.0 Å². The van der Waals surface area contributed by atoms with Gasteiger partial charge in [0.1, 0.15) is 11.5 Å². The molecule has 0 atom stereocenters. The minimum Gasteiger partial charge on any atom is -0.508 e. The van der Waals surface area contributed by atoms with E-state index in [0.29, 0.717) is 11.5 Å². The van der Waals surface area contributed by atoms with Gasteiger partial charge in [-0.3, -0.25) is 0 Å². The summed E-state index contributed by atoms with van der Waals surface area (Å²) in [5.41, 5.74) is 5.08. The molecule has 128 valence electrons. The number of unbranched alkanes of at least 4 members (excludes halogenated alkanes) is 2. The van der Waals surface area contributed by atoms with Gasteiger partial charge < -0.3 is 10.2 Å². The summed E-state index contributed by atoms with van der Waals surface area (Å²) in [5.74, 6) is 0.599. The summed E-state index contributed by atoms with van der Waals surface area (Å²) in [6.45, 7) is 4.42. The first kappa shape index (κ1) is 18.1. The molecule has 0 saturated carbocycles. The lowest BCUT2D eigenvalue weighted by Gasteiger charge is -2.17. The molecule has 0 aliphatic rings. The number of allylic oxidation sites excluding steroid dienone is 2. The topological polar surface area (TPSA) is 40.5 Å². The summed E-state index contributed by atoms with van der Waals surface area (Å²) in [6.07, 6.45) is 6.65. The van der Waals surface area contributed by atoms with E-state index in [1.165, 1.54) is 22.3 Å². The van der Waals surface area contributed by atoms with E-state index in [1.54, 1.807) is 24.3 Å². The van der Waals surface area contributed by atoms with Crippen molar-refractivity contribution in [2.45, 2.75) is 52.4 Å². The standard InChI is InChI=1S/C22H28O2/c1-3-5-7-21(17-9-13-19(23)14-10-17)22(8-6-4-2)18-11-15-20(24)16-12-18/h9-16,23-24H,3-8H2,1-2H3/b22-21+. The smallest absolute Gasteiger partial charge is 0.115 e. The van der Waals surface area contributed by atoms with E-state index < -0.39 is 0 Å². The second-order valence-corrected chi connectivity index (χ2v) is 6.26. The van der Waals surface area contributed by atoms with Crippen LogP contribution < -0.4 is 0 Å². The fourth-order valence-electron chi connectivity index (χ4n) is 2.97. The predicted octanol–water partition coefficient (Wildman–Crippen LogP) is 6.39. The highest BCUT2D eigenvalue weighted by Crippen LogP contribution is 2.35. The third kappa shape index (κ3) is 4.89. The second-order valence-electron chi connectivity index (χ2n) is 6.26. The maximum atomic E-state index is 9.60. The van der Waals surface area contributed by atoms with Crippen molar-refractivity contribution >= 4 is 11.1 Å². The molecular weight excluding hydrogens is 296 g/mol. The third-order valence-electron chi connectivity index (χ3n) is 4.36. The summed E-state index contributed by atoms with van der Waals surface area (Å²) >= 11 is 0. The molecule has 0 aliphatic carbocycles. The predicted molar refractivity (Wildman–Crippen MR) is 102 cm³/mol. The second kappa shape index (κ2) is 9.17. The number of hydrogen-bond donors (Lipinski definition) is 2. The van der Waals surface area contributed by atoms with Crippen LogP contribution >= 0.6 is 0 Å². The maximum absolute atomic E-state index is 9.60. The fraction of sp³-hybridized carbons (Fsp3) is 0.364. The summed E-state index contributed by atoms with van der Waals surface area (Å²) in [7, 11) is 0. The number of phenolic OH excluding ortho intramolecular Hbond substituents is 2. The van der Waals surface area contributed by atoms with Gasteiger partial charge in [-0.05, 0) is 72.2 Å². The fourth-order valence-corrected chi connectivity index (χ4v) is 2.97. The van der Waals surface area contributed by atoms with Gasteiger partial charge in [0.25, 0.3) is 0 Å². The van der Waals surface area contributed by atoms with Gasteiger partial charge in [0.2, 0.25) is 0 Å². The van der Waals surface area contributed by atoms with Gasteiger partial charge in [0.05, 0.1) is 0 Å². The Morgan fingerprint density at radius 1 is 0.625 bits per heavy atom.